The van der Waals surface area contributed by atoms with Gasteiger partial charge in [0.15, 0.2) is 0 Å². The SMILES string of the molecule is CC(C)(C)[Si](OCC(C1CC1)N1C(=O)CCC(c2cccc(Cl)c2)[C@H]1c1ccc(Cl)cc1)(c1ccccc1)c1ccccc1. The standard InChI is InChI=1S/C38H41Cl2NO2Si/c1-38(2,3)44(32-13-6-4-7-14-32,33-15-8-5-9-16-33)43-26-35(27-17-18-27)41-36(42)24-23-34(29-11-10-12-31(40)25-29)37(41)28-19-21-30(39)22-20-28/h4-16,19-22,25,27,34-35,37H,17-18,23-24,26H2,1-3H3/t34?,35?,37-/m1/s1. The zero-order valence-electron chi connectivity index (χ0n) is 25.8. The number of amides is 1. The molecule has 3 nitrogen and oxygen atoms in total. The second kappa shape index (κ2) is 12.8. The number of likely N-dealkylation sites (tertiary alicyclic amines) is 1. The summed E-state index contributed by atoms with van der Waals surface area (Å²) in [5, 5.41) is 3.77. The van der Waals surface area contributed by atoms with Gasteiger partial charge in [0.05, 0.1) is 18.7 Å². The van der Waals surface area contributed by atoms with Crippen LogP contribution in [0.3, 0.4) is 0 Å². The van der Waals surface area contributed by atoms with E-state index in [4.69, 9.17) is 27.6 Å². The largest absolute Gasteiger partial charge is 0.405 e. The molecule has 1 saturated heterocycles. The van der Waals surface area contributed by atoms with Crippen LogP contribution in [0.25, 0.3) is 0 Å². The molecule has 0 N–H and O–H groups in total. The maximum atomic E-state index is 14.2. The van der Waals surface area contributed by atoms with Crippen LogP contribution >= 0.6 is 23.2 Å². The zero-order chi connectivity index (χ0) is 30.9. The van der Waals surface area contributed by atoms with Crippen molar-refractivity contribution in [1.82, 2.24) is 4.90 Å². The average molecular weight is 643 g/mol. The van der Waals surface area contributed by atoms with Crippen molar-refractivity contribution in [3.63, 3.8) is 0 Å². The molecule has 1 amide bonds. The maximum Gasteiger partial charge on any atom is 0.261 e. The molecular formula is C38H41Cl2NO2Si. The van der Waals surface area contributed by atoms with Gasteiger partial charge in [-0.25, -0.2) is 0 Å². The Morgan fingerprint density at radius 3 is 1.93 bits per heavy atom. The van der Waals surface area contributed by atoms with Crippen molar-refractivity contribution >= 4 is 47.8 Å². The molecule has 3 atom stereocenters. The molecule has 1 aliphatic carbocycles. The Morgan fingerprint density at radius 2 is 1.39 bits per heavy atom. The summed E-state index contributed by atoms with van der Waals surface area (Å²) in [5.74, 6) is 0.720. The lowest BCUT2D eigenvalue weighted by molar-refractivity contribution is -0.142. The van der Waals surface area contributed by atoms with Crippen molar-refractivity contribution in [1.29, 1.82) is 0 Å². The molecule has 0 radical (unpaired) electrons. The van der Waals surface area contributed by atoms with Crippen molar-refractivity contribution in [3.8, 4) is 0 Å². The van der Waals surface area contributed by atoms with Gasteiger partial charge in [0.25, 0.3) is 8.32 Å². The fourth-order valence-electron chi connectivity index (χ4n) is 7.34. The lowest BCUT2D eigenvalue weighted by Crippen LogP contribution is -2.67. The topological polar surface area (TPSA) is 29.5 Å². The van der Waals surface area contributed by atoms with Crippen LogP contribution in [0.4, 0.5) is 0 Å². The molecule has 0 aromatic heterocycles. The van der Waals surface area contributed by atoms with E-state index < -0.39 is 8.32 Å². The van der Waals surface area contributed by atoms with Gasteiger partial charge in [-0.3, -0.25) is 4.79 Å². The number of halogens is 2. The summed E-state index contributed by atoms with van der Waals surface area (Å²) in [6.45, 7) is 7.42. The molecule has 6 rings (SSSR count). The number of rotatable bonds is 9. The third kappa shape index (κ3) is 6.15. The fraction of sp³-hybridized carbons (Fsp3) is 0.342. The van der Waals surface area contributed by atoms with Crippen molar-refractivity contribution in [2.75, 3.05) is 6.61 Å². The number of piperidine rings is 1. The van der Waals surface area contributed by atoms with Crippen molar-refractivity contribution < 1.29 is 9.22 Å². The van der Waals surface area contributed by atoms with Crippen LogP contribution in [0, 0.1) is 5.92 Å². The minimum atomic E-state index is -2.79. The van der Waals surface area contributed by atoms with E-state index in [1.165, 1.54) is 10.4 Å². The molecular weight excluding hydrogens is 601 g/mol. The van der Waals surface area contributed by atoms with E-state index in [9.17, 15) is 4.79 Å². The number of carbonyl (C=O) groups is 1. The molecule has 228 valence electrons. The Labute approximate surface area is 273 Å². The molecule has 44 heavy (non-hydrogen) atoms. The summed E-state index contributed by atoms with van der Waals surface area (Å²) in [6, 6.07) is 37.6. The van der Waals surface area contributed by atoms with E-state index in [0.717, 1.165) is 35.4 Å². The van der Waals surface area contributed by atoms with Gasteiger partial charge >= 0.3 is 0 Å². The third-order valence-corrected chi connectivity index (χ3v) is 15.0. The monoisotopic (exact) mass is 641 g/mol. The van der Waals surface area contributed by atoms with E-state index in [0.29, 0.717) is 24.0 Å². The first kappa shape index (κ1) is 31.1. The highest BCUT2D eigenvalue weighted by Crippen LogP contribution is 2.49. The number of hydrogen-bond donors (Lipinski definition) is 0. The molecule has 2 unspecified atom stereocenters. The fourth-order valence-corrected chi connectivity index (χ4v) is 12.2. The molecule has 0 spiro atoms. The van der Waals surface area contributed by atoms with Crippen molar-refractivity contribution in [2.24, 2.45) is 5.92 Å². The number of carbonyl (C=O) groups excluding carboxylic acids is 1. The van der Waals surface area contributed by atoms with Gasteiger partial charge in [0.1, 0.15) is 0 Å². The minimum Gasteiger partial charge on any atom is -0.405 e. The second-order valence-corrected chi connectivity index (χ2v) is 18.6. The Morgan fingerprint density at radius 1 is 0.773 bits per heavy atom. The first-order chi connectivity index (χ1) is 21.2. The van der Waals surface area contributed by atoms with Gasteiger partial charge in [-0.2, -0.15) is 0 Å². The van der Waals surface area contributed by atoms with E-state index in [-0.39, 0.29) is 28.9 Å². The van der Waals surface area contributed by atoms with Gasteiger partial charge in [0, 0.05) is 22.4 Å². The smallest absolute Gasteiger partial charge is 0.261 e. The van der Waals surface area contributed by atoms with Crippen LogP contribution < -0.4 is 10.4 Å². The van der Waals surface area contributed by atoms with Crippen LogP contribution in [0.2, 0.25) is 15.1 Å². The normalized spacial score (nSPS) is 20.0. The quantitative estimate of drug-likeness (QED) is 0.171. The average Bonchev–Trinajstić information content (AvgIpc) is 3.86. The first-order valence-corrected chi connectivity index (χ1v) is 18.4. The molecule has 2 fully saturated rings. The number of nitrogens with zero attached hydrogens (tertiary/aromatic N) is 1. The Hall–Kier alpha value is -2.89. The molecule has 0 bridgehead atoms. The van der Waals surface area contributed by atoms with E-state index in [1.807, 2.05) is 24.3 Å². The summed E-state index contributed by atoms with van der Waals surface area (Å²) in [7, 11) is -2.79. The minimum absolute atomic E-state index is 0.0354. The summed E-state index contributed by atoms with van der Waals surface area (Å²) in [4.78, 5) is 16.4. The van der Waals surface area contributed by atoms with Crippen LogP contribution in [0.1, 0.15) is 69.5 Å². The van der Waals surface area contributed by atoms with Gasteiger partial charge in [-0.1, -0.05) is 129 Å². The Kier molecular flexibility index (Phi) is 9.08. The van der Waals surface area contributed by atoms with Gasteiger partial charge in [-0.05, 0) is 76.0 Å². The van der Waals surface area contributed by atoms with Gasteiger partial charge in [-0.15, -0.1) is 0 Å². The molecule has 1 heterocycles. The van der Waals surface area contributed by atoms with Crippen LogP contribution in [0.5, 0.6) is 0 Å². The van der Waals surface area contributed by atoms with Gasteiger partial charge < -0.3 is 9.33 Å². The number of benzene rings is 4. The lowest BCUT2D eigenvalue weighted by atomic mass is 9.79. The highest BCUT2D eigenvalue weighted by Gasteiger charge is 2.52. The molecule has 2 aliphatic rings. The van der Waals surface area contributed by atoms with Crippen LogP contribution in [0.15, 0.2) is 109 Å². The Balaban J connectivity index is 1.44. The van der Waals surface area contributed by atoms with Crippen molar-refractivity contribution in [2.45, 2.75) is 69.5 Å². The van der Waals surface area contributed by atoms with E-state index in [2.05, 4.69) is 111 Å². The maximum absolute atomic E-state index is 14.2. The molecule has 4 aromatic rings. The molecule has 1 saturated carbocycles. The summed E-state index contributed by atoms with van der Waals surface area (Å²) >= 11 is 12.9. The second-order valence-electron chi connectivity index (χ2n) is 13.4. The highest BCUT2D eigenvalue weighted by atomic mass is 35.5. The number of hydrogen-bond acceptors (Lipinski definition) is 2. The summed E-state index contributed by atoms with van der Waals surface area (Å²) < 4.78 is 7.50. The van der Waals surface area contributed by atoms with Crippen molar-refractivity contribution in [3.05, 3.63) is 130 Å². The zero-order valence-corrected chi connectivity index (χ0v) is 28.3. The molecule has 1 aliphatic heterocycles. The lowest BCUT2D eigenvalue weighted by Gasteiger charge is -2.48. The third-order valence-electron chi connectivity index (χ3n) is 9.54. The van der Waals surface area contributed by atoms with E-state index in [1.54, 1.807) is 0 Å². The summed E-state index contributed by atoms with van der Waals surface area (Å²) in [5.41, 5.74) is 2.26. The van der Waals surface area contributed by atoms with Gasteiger partial charge in [0.2, 0.25) is 5.91 Å². The highest BCUT2D eigenvalue weighted by molar-refractivity contribution is 6.99. The predicted octanol–water partition coefficient (Wildman–Crippen LogP) is 8.80. The van der Waals surface area contributed by atoms with Crippen LogP contribution in [-0.4, -0.2) is 31.8 Å². The summed E-state index contributed by atoms with van der Waals surface area (Å²) in [6.07, 6.45) is 3.49. The van der Waals surface area contributed by atoms with Crippen LogP contribution in [-0.2, 0) is 9.22 Å². The predicted molar refractivity (Wildman–Crippen MR) is 185 cm³/mol. The van der Waals surface area contributed by atoms with E-state index >= 15 is 0 Å². The first-order valence-electron chi connectivity index (χ1n) is 15.8. The Bertz CT molecular complexity index is 1530. The molecule has 6 heteroatoms. The molecule has 4 aromatic carbocycles.